The zero-order chi connectivity index (χ0) is 19.1. The molecule has 0 aliphatic carbocycles. The molecule has 3 heterocycles. The summed E-state index contributed by atoms with van der Waals surface area (Å²) in [7, 11) is 1.79. The van der Waals surface area contributed by atoms with Gasteiger partial charge in [0.1, 0.15) is 5.76 Å². The maximum Gasteiger partial charge on any atom is 0.194 e. The molecule has 0 saturated carbocycles. The summed E-state index contributed by atoms with van der Waals surface area (Å²) in [6.07, 6.45) is 1.80. The zero-order valence-corrected chi connectivity index (χ0v) is 16.9. The normalized spacial score (nSPS) is 21.4. The number of methoxy groups -OCH3 is 1. The molecule has 152 valence electrons. The summed E-state index contributed by atoms with van der Waals surface area (Å²) in [5, 5.41) is 7.55. The monoisotopic (exact) mass is 379 g/mol. The summed E-state index contributed by atoms with van der Waals surface area (Å²) in [5.74, 6) is 1.85. The third kappa shape index (κ3) is 5.43. The van der Waals surface area contributed by atoms with Gasteiger partial charge in [-0.05, 0) is 13.8 Å². The quantitative estimate of drug-likeness (QED) is 0.589. The molecule has 27 heavy (non-hydrogen) atoms. The van der Waals surface area contributed by atoms with Gasteiger partial charge in [0.25, 0.3) is 0 Å². The van der Waals surface area contributed by atoms with E-state index in [-0.39, 0.29) is 5.60 Å². The van der Waals surface area contributed by atoms with Crippen LogP contribution in [0.2, 0.25) is 0 Å². The van der Waals surface area contributed by atoms with Crippen LogP contribution in [-0.4, -0.2) is 86.1 Å². The molecule has 0 amide bonds. The third-order valence-corrected chi connectivity index (χ3v) is 5.42. The lowest BCUT2D eigenvalue weighted by Gasteiger charge is -2.38. The fourth-order valence-corrected chi connectivity index (χ4v) is 3.65. The average Bonchev–Trinajstić information content (AvgIpc) is 3.11. The van der Waals surface area contributed by atoms with Crippen molar-refractivity contribution in [2.24, 2.45) is 4.99 Å². The first-order valence-electron chi connectivity index (χ1n) is 9.95. The van der Waals surface area contributed by atoms with Gasteiger partial charge in [-0.2, -0.15) is 0 Å². The smallest absolute Gasteiger partial charge is 0.194 e. The Morgan fingerprint density at radius 3 is 2.63 bits per heavy atom. The summed E-state index contributed by atoms with van der Waals surface area (Å²) in [6, 6.07) is 2.01. The van der Waals surface area contributed by atoms with Crippen LogP contribution in [0.25, 0.3) is 0 Å². The number of guanidine groups is 1. The SMILES string of the molecule is CCNC(=NCC1(OC)CCOCC1)N1CCN(Cc2cc(C)on2)CC1. The third-order valence-electron chi connectivity index (χ3n) is 5.42. The van der Waals surface area contributed by atoms with Gasteiger partial charge in [0, 0.05) is 78.5 Å². The van der Waals surface area contributed by atoms with E-state index < -0.39 is 0 Å². The van der Waals surface area contributed by atoms with Crippen LogP contribution in [-0.2, 0) is 16.0 Å². The highest BCUT2D eigenvalue weighted by molar-refractivity contribution is 5.80. The van der Waals surface area contributed by atoms with Crippen LogP contribution in [0.1, 0.15) is 31.2 Å². The molecule has 2 aliphatic rings. The van der Waals surface area contributed by atoms with Crippen molar-refractivity contribution in [2.75, 3.05) is 59.6 Å². The molecule has 2 aliphatic heterocycles. The molecule has 0 bridgehead atoms. The Balaban J connectivity index is 1.55. The second-order valence-electron chi connectivity index (χ2n) is 7.36. The topological polar surface area (TPSA) is 75.4 Å². The van der Waals surface area contributed by atoms with Crippen LogP contribution in [0, 0.1) is 6.92 Å². The number of nitrogens with one attached hydrogen (secondary N) is 1. The molecule has 0 radical (unpaired) electrons. The molecule has 1 N–H and O–H groups in total. The number of hydrogen-bond acceptors (Lipinski definition) is 6. The van der Waals surface area contributed by atoms with Crippen LogP contribution in [0.15, 0.2) is 15.6 Å². The molecule has 2 fully saturated rings. The first kappa shape index (κ1) is 20.1. The number of ether oxygens (including phenoxy) is 2. The predicted octanol–water partition coefficient (Wildman–Crippen LogP) is 1.26. The molecule has 8 heteroatoms. The van der Waals surface area contributed by atoms with E-state index in [2.05, 4.69) is 27.2 Å². The van der Waals surface area contributed by atoms with Gasteiger partial charge in [-0.1, -0.05) is 5.16 Å². The highest BCUT2D eigenvalue weighted by atomic mass is 16.5. The van der Waals surface area contributed by atoms with Crippen LogP contribution >= 0.6 is 0 Å². The molecule has 8 nitrogen and oxygen atoms in total. The van der Waals surface area contributed by atoms with Crippen LogP contribution in [0.4, 0.5) is 0 Å². The largest absolute Gasteiger partial charge is 0.381 e. The summed E-state index contributed by atoms with van der Waals surface area (Å²) in [4.78, 5) is 9.67. The number of piperazine rings is 1. The molecule has 0 spiro atoms. The minimum Gasteiger partial charge on any atom is -0.381 e. The van der Waals surface area contributed by atoms with Crippen molar-refractivity contribution >= 4 is 5.96 Å². The van der Waals surface area contributed by atoms with Gasteiger partial charge in [-0.15, -0.1) is 0 Å². The fraction of sp³-hybridized carbons (Fsp3) is 0.789. The van der Waals surface area contributed by atoms with Gasteiger partial charge in [-0.3, -0.25) is 9.89 Å². The van der Waals surface area contributed by atoms with Crippen molar-refractivity contribution in [1.82, 2.24) is 20.3 Å². The second-order valence-corrected chi connectivity index (χ2v) is 7.36. The predicted molar refractivity (Wildman–Crippen MR) is 104 cm³/mol. The Morgan fingerprint density at radius 1 is 1.30 bits per heavy atom. The van der Waals surface area contributed by atoms with E-state index in [0.717, 1.165) is 82.7 Å². The van der Waals surface area contributed by atoms with E-state index in [1.165, 1.54) is 0 Å². The fourth-order valence-electron chi connectivity index (χ4n) is 3.65. The van der Waals surface area contributed by atoms with Gasteiger partial charge in [-0.25, -0.2) is 0 Å². The first-order chi connectivity index (χ1) is 13.1. The minimum atomic E-state index is -0.189. The molecule has 1 aromatic heterocycles. The standard InChI is InChI=1S/C19H33N5O3/c1-4-20-18(21-15-19(25-3)5-11-26-12-6-19)24-9-7-23(8-10-24)14-17-13-16(2)27-22-17/h13H,4-12,14-15H2,1-3H3,(H,20,21). The Labute approximate surface area is 161 Å². The molecular formula is C19H33N5O3. The maximum atomic E-state index is 5.82. The first-order valence-corrected chi connectivity index (χ1v) is 9.95. The number of aryl methyl sites for hydroxylation is 1. The van der Waals surface area contributed by atoms with E-state index in [4.69, 9.17) is 19.0 Å². The Bertz CT molecular complexity index is 604. The Hall–Kier alpha value is -1.64. The molecule has 1 aromatic rings. The summed E-state index contributed by atoms with van der Waals surface area (Å²) < 4.78 is 16.5. The van der Waals surface area contributed by atoms with Crippen LogP contribution in [0.5, 0.6) is 0 Å². The summed E-state index contributed by atoms with van der Waals surface area (Å²) in [5.41, 5.74) is 0.814. The number of nitrogens with zero attached hydrogens (tertiary/aromatic N) is 4. The number of aliphatic imine (C=N–C) groups is 1. The second kappa shape index (κ2) is 9.52. The molecule has 2 saturated heterocycles. The zero-order valence-electron chi connectivity index (χ0n) is 16.9. The highest BCUT2D eigenvalue weighted by Gasteiger charge is 2.33. The van der Waals surface area contributed by atoms with E-state index in [1.807, 2.05) is 13.0 Å². The van der Waals surface area contributed by atoms with Gasteiger partial charge in [0.15, 0.2) is 5.96 Å². The molecular weight excluding hydrogens is 346 g/mol. The van der Waals surface area contributed by atoms with E-state index >= 15 is 0 Å². The number of hydrogen-bond donors (Lipinski definition) is 1. The molecule has 0 atom stereocenters. The Morgan fingerprint density at radius 2 is 2.04 bits per heavy atom. The van der Waals surface area contributed by atoms with Crippen LogP contribution in [0.3, 0.4) is 0 Å². The van der Waals surface area contributed by atoms with Crippen molar-refractivity contribution in [3.8, 4) is 0 Å². The van der Waals surface area contributed by atoms with E-state index in [0.29, 0.717) is 6.54 Å². The summed E-state index contributed by atoms with van der Waals surface area (Å²) >= 11 is 0. The number of aromatic nitrogens is 1. The summed E-state index contributed by atoms with van der Waals surface area (Å²) in [6.45, 7) is 11.8. The van der Waals surface area contributed by atoms with Gasteiger partial charge >= 0.3 is 0 Å². The van der Waals surface area contributed by atoms with Crippen molar-refractivity contribution in [2.45, 2.75) is 38.8 Å². The van der Waals surface area contributed by atoms with Gasteiger partial charge in [0.2, 0.25) is 0 Å². The van der Waals surface area contributed by atoms with Crippen molar-refractivity contribution in [3.05, 3.63) is 17.5 Å². The van der Waals surface area contributed by atoms with E-state index in [9.17, 15) is 0 Å². The lowest BCUT2D eigenvalue weighted by atomic mass is 9.94. The Kier molecular flexibility index (Phi) is 7.09. The number of rotatable bonds is 6. The van der Waals surface area contributed by atoms with Gasteiger partial charge in [0.05, 0.1) is 17.8 Å². The average molecular weight is 380 g/mol. The van der Waals surface area contributed by atoms with Crippen molar-refractivity contribution < 1.29 is 14.0 Å². The lowest BCUT2D eigenvalue weighted by molar-refractivity contribution is -0.0829. The highest BCUT2D eigenvalue weighted by Crippen LogP contribution is 2.25. The van der Waals surface area contributed by atoms with Gasteiger partial charge < -0.3 is 24.2 Å². The van der Waals surface area contributed by atoms with E-state index in [1.54, 1.807) is 7.11 Å². The van der Waals surface area contributed by atoms with Crippen molar-refractivity contribution in [3.63, 3.8) is 0 Å². The lowest BCUT2D eigenvalue weighted by Crippen LogP contribution is -2.52. The molecule has 0 unspecified atom stereocenters. The molecule has 3 rings (SSSR count). The minimum absolute atomic E-state index is 0.189. The van der Waals surface area contributed by atoms with Crippen molar-refractivity contribution in [1.29, 1.82) is 0 Å². The maximum absolute atomic E-state index is 5.82. The molecule has 0 aromatic carbocycles. The van der Waals surface area contributed by atoms with Crippen LogP contribution < -0.4 is 5.32 Å².